The second kappa shape index (κ2) is 10.2. The van der Waals surface area contributed by atoms with E-state index in [9.17, 15) is 19.2 Å². The Labute approximate surface area is 179 Å². The minimum absolute atomic E-state index is 0.0133. The highest BCUT2D eigenvalue weighted by atomic mass is 16.5. The van der Waals surface area contributed by atoms with Crippen LogP contribution < -0.4 is 26.4 Å². The second-order valence-electron chi connectivity index (χ2n) is 7.15. The first kappa shape index (κ1) is 21.8. The van der Waals surface area contributed by atoms with Crippen molar-refractivity contribution >= 4 is 35.0 Å². The summed E-state index contributed by atoms with van der Waals surface area (Å²) < 4.78 is 5.51. The summed E-state index contributed by atoms with van der Waals surface area (Å²) >= 11 is 0. The summed E-state index contributed by atoms with van der Waals surface area (Å²) in [6.07, 6.45) is 1.84. The first-order valence-electron chi connectivity index (χ1n) is 9.91. The number of nitrogens with one attached hydrogen (secondary N) is 3. The lowest BCUT2D eigenvalue weighted by atomic mass is 10.1. The molecule has 0 atom stereocenters. The Kier molecular flexibility index (Phi) is 7.21. The van der Waals surface area contributed by atoms with Gasteiger partial charge in [-0.1, -0.05) is 18.2 Å². The van der Waals surface area contributed by atoms with Gasteiger partial charge in [0.1, 0.15) is 5.75 Å². The smallest absolute Gasteiger partial charge is 0.262 e. The third-order valence-electron chi connectivity index (χ3n) is 4.52. The molecule has 1 fully saturated rings. The van der Waals surface area contributed by atoms with Crippen molar-refractivity contribution in [3.63, 3.8) is 0 Å². The zero-order valence-corrected chi connectivity index (χ0v) is 16.9. The number of anilines is 2. The normalized spacial score (nSPS) is 12.5. The van der Waals surface area contributed by atoms with Crippen molar-refractivity contribution in [3.05, 3.63) is 54.1 Å². The molecule has 31 heavy (non-hydrogen) atoms. The Morgan fingerprint density at radius 2 is 1.77 bits per heavy atom. The van der Waals surface area contributed by atoms with E-state index in [1.54, 1.807) is 48.5 Å². The molecule has 0 radical (unpaired) electrons. The van der Waals surface area contributed by atoms with Crippen molar-refractivity contribution in [2.75, 3.05) is 23.8 Å². The summed E-state index contributed by atoms with van der Waals surface area (Å²) in [6, 6.07) is 13.3. The van der Waals surface area contributed by atoms with Gasteiger partial charge in [0.15, 0.2) is 6.61 Å². The van der Waals surface area contributed by atoms with Crippen molar-refractivity contribution < 1.29 is 23.9 Å². The maximum absolute atomic E-state index is 12.3. The van der Waals surface area contributed by atoms with E-state index in [2.05, 4.69) is 16.0 Å². The molecule has 9 nitrogen and oxygen atoms in total. The van der Waals surface area contributed by atoms with Crippen LogP contribution in [0.1, 0.15) is 29.6 Å². The molecule has 1 aliphatic carbocycles. The molecule has 0 aromatic heterocycles. The van der Waals surface area contributed by atoms with Crippen LogP contribution in [-0.2, 0) is 14.4 Å². The molecule has 2 aromatic rings. The Balaban J connectivity index is 1.53. The molecule has 0 unspecified atom stereocenters. The fraction of sp³-hybridized carbons (Fsp3) is 0.273. The van der Waals surface area contributed by atoms with Crippen LogP contribution in [0.4, 0.5) is 11.4 Å². The van der Waals surface area contributed by atoms with Crippen LogP contribution in [0.3, 0.4) is 0 Å². The highest BCUT2D eigenvalue weighted by Crippen LogP contribution is 2.30. The van der Waals surface area contributed by atoms with Gasteiger partial charge in [-0.05, 0) is 37.1 Å². The van der Waals surface area contributed by atoms with Crippen molar-refractivity contribution in [2.24, 2.45) is 11.7 Å². The van der Waals surface area contributed by atoms with Gasteiger partial charge in [-0.25, -0.2) is 0 Å². The van der Waals surface area contributed by atoms with Crippen LogP contribution in [0.2, 0.25) is 0 Å². The third-order valence-corrected chi connectivity index (χ3v) is 4.52. The lowest BCUT2D eigenvalue weighted by molar-refractivity contribution is -0.118. The molecule has 5 N–H and O–H groups in total. The fourth-order valence-electron chi connectivity index (χ4n) is 2.77. The molecule has 2 aromatic carbocycles. The summed E-state index contributed by atoms with van der Waals surface area (Å²) in [5.41, 5.74) is 6.24. The highest BCUT2D eigenvalue weighted by molar-refractivity contribution is 6.04. The number of para-hydroxylation sites is 1. The monoisotopic (exact) mass is 424 g/mol. The van der Waals surface area contributed by atoms with E-state index < -0.39 is 17.7 Å². The Hall–Kier alpha value is -3.88. The SMILES string of the molecule is NC(=O)CCNC(=O)c1ccccc1NC(=O)COc1cccc(NC(=O)C2CC2)c1. The molecule has 9 heteroatoms. The molecule has 1 aliphatic rings. The number of hydrogen-bond donors (Lipinski definition) is 4. The number of primary amides is 1. The molecular formula is C22H24N4O5. The zero-order valence-electron chi connectivity index (χ0n) is 16.9. The van der Waals surface area contributed by atoms with Crippen LogP contribution in [0.5, 0.6) is 5.75 Å². The summed E-state index contributed by atoms with van der Waals surface area (Å²) in [5.74, 6) is -0.901. The number of nitrogens with two attached hydrogens (primary N) is 1. The van der Waals surface area contributed by atoms with Gasteiger partial charge in [0.2, 0.25) is 11.8 Å². The van der Waals surface area contributed by atoms with E-state index in [1.165, 1.54) is 0 Å². The maximum atomic E-state index is 12.3. The van der Waals surface area contributed by atoms with Gasteiger partial charge >= 0.3 is 0 Å². The number of amides is 4. The number of carbonyl (C=O) groups is 4. The van der Waals surface area contributed by atoms with Crippen LogP contribution in [0.25, 0.3) is 0 Å². The van der Waals surface area contributed by atoms with E-state index in [0.717, 1.165) is 12.8 Å². The minimum atomic E-state index is -0.518. The van der Waals surface area contributed by atoms with Crippen molar-refractivity contribution in [2.45, 2.75) is 19.3 Å². The summed E-state index contributed by atoms with van der Waals surface area (Å²) in [4.78, 5) is 47.3. The molecule has 162 valence electrons. The van der Waals surface area contributed by atoms with Crippen LogP contribution in [0.15, 0.2) is 48.5 Å². The van der Waals surface area contributed by atoms with Crippen LogP contribution in [0, 0.1) is 5.92 Å². The van der Waals surface area contributed by atoms with Gasteiger partial charge < -0.3 is 26.4 Å². The zero-order chi connectivity index (χ0) is 22.2. The molecule has 1 saturated carbocycles. The van der Waals surface area contributed by atoms with Gasteiger partial charge in [0.05, 0.1) is 11.3 Å². The predicted molar refractivity (Wildman–Crippen MR) is 115 cm³/mol. The average molecular weight is 424 g/mol. The van der Waals surface area contributed by atoms with Crippen molar-refractivity contribution in [1.82, 2.24) is 5.32 Å². The highest BCUT2D eigenvalue weighted by Gasteiger charge is 2.29. The summed E-state index contributed by atoms with van der Waals surface area (Å²) in [7, 11) is 0. The molecule has 0 saturated heterocycles. The van der Waals surface area contributed by atoms with Gasteiger partial charge in [-0.15, -0.1) is 0 Å². The first-order chi connectivity index (χ1) is 14.9. The molecule has 3 rings (SSSR count). The van der Waals surface area contributed by atoms with E-state index in [1.807, 2.05) is 0 Å². The van der Waals surface area contributed by atoms with Crippen LogP contribution in [-0.4, -0.2) is 36.8 Å². The molecule has 0 aliphatic heterocycles. The lowest BCUT2D eigenvalue weighted by Crippen LogP contribution is -2.29. The number of rotatable bonds is 10. The van der Waals surface area contributed by atoms with Gasteiger partial charge in [-0.2, -0.15) is 0 Å². The fourth-order valence-corrected chi connectivity index (χ4v) is 2.77. The quantitative estimate of drug-likeness (QED) is 0.459. The molecule has 0 bridgehead atoms. The number of ether oxygens (including phenoxy) is 1. The second-order valence-corrected chi connectivity index (χ2v) is 7.15. The molecular weight excluding hydrogens is 400 g/mol. The van der Waals surface area contributed by atoms with Gasteiger partial charge in [0.25, 0.3) is 11.8 Å². The minimum Gasteiger partial charge on any atom is -0.484 e. The van der Waals surface area contributed by atoms with E-state index >= 15 is 0 Å². The van der Waals surface area contributed by atoms with E-state index in [-0.39, 0.29) is 37.0 Å². The van der Waals surface area contributed by atoms with E-state index in [4.69, 9.17) is 10.5 Å². The summed E-state index contributed by atoms with van der Waals surface area (Å²) in [5, 5.41) is 8.05. The lowest BCUT2D eigenvalue weighted by Gasteiger charge is -2.12. The molecule has 0 spiro atoms. The molecule has 4 amide bonds. The maximum Gasteiger partial charge on any atom is 0.262 e. The number of carbonyl (C=O) groups excluding carboxylic acids is 4. The standard InChI is InChI=1S/C22H24N4O5/c23-19(27)10-11-24-22(30)17-6-1-2-7-18(17)26-20(28)13-31-16-5-3-4-15(12-16)25-21(29)14-8-9-14/h1-7,12,14H,8-11,13H2,(H2,23,27)(H,24,30)(H,25,29)(H,26,28). The van der Waals surface area contributed by atoms with Gasteiger partial charge in [0, 0.05) is 30.6 Å². The number of benzene rings is 2. The molecule has 0 heterocycles. The Morgan fingerprint density at radius 3 is 2.52 bits per heavy atom. The average Bonchev–Trinajstić information content (AvgIpc) is 3.58. The van der Waals surface area contributed by atoms with Crippen molar-refractivity contribution in [1.29, 1.82) is 0 Å². The summed E-state index contributed by atoms with van der Waals surface area (Å²) in [6.45, 7) is -0.176. The Morgan fingerprint density at radius 1 is 1.00 bits per heavy atom. The van der Waals surface area contributed by atoms with E-state index in [0.29, 0.717) is 17.1 Å². The van der Waals surface area contributed by atoms with Crippen molar-refractivity contribution in [3.8, 4) is 5.75 Å². The largest absolute Gasteiger partial charge is 0.484 e. The Bertz CT molecular complexity index is 987. The topological polar surface area (TPSA) is 140 Å². The van der Waals surface area contributed by atoms with Crippen LogP contribution >= 0.6 is 0 Å². The third kappa shape index (κ3) is 6.84. The predicted octanol–water partition coefficient (Wildman–Crippen LogP) is 1.66. The van der Waals surface area contributed by atoms with Gasteiger partial charge in [-0.3, -0.25) is 19.2 Å². The first-order valence-corrected chi connectivity index (χ1v) is 9.91. The number of hydrogen-bond acceptors (Lipinski definition) is 5.